The number of fused-ring (bicyclic) bond motifs is 16. The summed E-state index contributed by atoms with van der Waals surface area (Å²) in [5, 5.41) is 8.29. The molecule has 0 N–H and O–H groups in total. The molecule has 0 saturated carbocycles. The largest absolute Gasteiger partial charge is 0.456 e. The molecule has 3 aromatic heterocycles. The number of rotatable bonds is 10. The minimum absolute atomic E-state index is 0.168. The van der Waals surface area contributed by atoms with Crippen LogP contribution >= 0.6 is 0 Å². The number of para-hydroxylation sites is 3. The van der Waals surface area contributed by atoms with Crippen molar-refractivity contribution in [2.45, 2.75) is 0 Å². The van der Waals surface area contributed by atoms with E-state index in [1.807, 2.05) is 279 Å². The van der Waals surface area contributed by atoms with Gasteiger partial charge in [-0.05, 0) is 241 Å². The Balaban J connectivity index is 0.000000121. The van der Waals surface area contributed by atoms with Gasteiger partial charge in [0.05, 0.1) is 32.9 Å². The van der Waals surface area contributed by atoms with Crippen molar-refractivity contribution in [1.29, 1.82) is 0 Å². The summed E-state index contributed by atoms with van der Waals surface area (Å²) in [6.45, 7) is 0. The van der Waals surface area contributed by atoms with Crippen molar-refractivity contribution in [3.05, 3.63) is 473 Å². The van der Waals surface area contributed by atoms with Gasteiger partial charge >= 0.3 is 0 Å². The van der Waals surface area contributed by atoms with E-state index in [1.54, 1.807) is 18.2 Å². The Morgan fingerprint density at radius 3 is 0.693 bits per heavy atom. The first-order chi connectivity index (χ1) is 73.0. The van der Waals surface area contributed by atoms with Gasteiger partial charge in [-0.15, -0.1) is 0 Å². The van der Waals surface area contributed by atoms with Crippen molar-refractivity contribution in [3.63, 3.8) is 0 Å². The Labute approximate surface area is 767 Å². The molecule has 3 heteroatoms. The Morgan fingerprint density at radius 2 is 0.354 bits per heavy atom. The first kappa shape index (κ1) is 53.2. The van der Waals surface area contributed by atoms with Crippen LogP contribution in [0.3, 0.4) is 0 Å². The quantitative estimate of drug-likeness (QED) is 0.128. The standard InChI is InChI=1S/C44H28O.C42H26O.C38H24O/c1-2-11-29(12-3-1)30-21-23-31(24-22-30)32-25-27-33(28-26-32)42-34-13-4-6-15-36(34)43(37-16-7-5-14-35(37)42)39-18-10-20-41-44(39)38-17-8-9-19-40(38)45-41;1-2-11-27(12-3-1)28-21-22-30-26-31(24-23-29(30)25-28)40-32-13-4-6-15-34(32)41(35-16-7-5-14-33(35)40)37-18-10-20-39-42(37)36-17-8-9-19-38(36)43-39;1-2-12-25(13-3-1)26-14-10-15-27(24-26)36-28-16-4-6-18-30(28)37(31-19-7-5-17-29(31)36)33-21-11-23-35-38(33)32-20-8-9-22-34(32)39-35/h1-28H;1-26H;1-24H/i2*4D,5D,6D,7D,13D,14D,15D,16D;4D,5D,6D,7D,16D,17D,18D,19D. The second-order valence-electron chi connectivity index (χ2n) is 31.2. The Kier molecular flexibility index (Phi) is 13.1. The summed E-state index contributed by atoms with van der Waals surface area (Å²) in [6, 6.07) is 95.0. The lowest BCUT2D eigenvalue weighted by Gasteiger charge is -2.18. The summed E-state index contributed by atoms with van der Waals surface area (Å²) in [4.78, 5) is 0. The number of furan rings is 3. The van der Waals surface area contributed by atoms with Crippen LogP contribution in [0.1, 0.15) is 32.9 Å². The molecule has 0 fully saturated rings. The summed E-state index contributed by atoms with van der Waals surface area (Å²) >= 11 is 0. The maximum Gasteiger partial charge on any atom is 0.136 e. The number of benzene rings is 23. The van der Waals surface area contributed by atoms with Gasteiger partial charge in [0.1, 0.15) is 33.5 Å². The van der Waals surface area contributed by atoms with Crippen molar-refractivity contribution in [1.82, 2.24) is 0 Å². The smallest absolute Gasteiger partial charge is 0.136 e. The van der Waals surface area contributed by atoms with Gasteiger partial charge in [-0.25, -0.2) is 0 Å². The Morgan fingerprint density at radius 1 is 0.142 bits per heavy atom. The average molecular weight is 1640 g/mol. The van der Waals surface area contributed by atoms with E-state index in [1.165, 1.54) is 0 Å². The molecule has 0 atom stereocenters. The van der Waals surface area contributed by atoms with Crippen LogP contribution in [0.5, 0.6) is 0 Å². The van der Waals surface area contributed by atoms with E-state index in [9.17, 15) is 16.4 Å². The zero-order valence-corrected chi connectivity index (χ0v) is 67.4. The number of hydrogen-bond donors (Lipinski definition) is 0. The Hall–Kier alpha value is -16.7. The first-order valence-corrected chi connectivity index (χ1v) is 41.6. The maximum absolute atomic E-state index is 9.33. The van der Waals surface area contributed by atoms with Crippen LogP contribution in [0.25, 0.3) is 252 Å². The van der Waals surface area contributed by atoms with E-state index >= 15 is 0 Å². The molecule has 127 heavy (non-hydrogen) atoms. The lowest BCUT2D eigenvalue weighted by atomic mass is 9.84. The first-order valence-electron chi connectivity index (χ1n) is 53.6. The molecule has 0 saturated heterocycles. The van der Waals surface area contributed by atoms with Crippen molar-refractivity contribution in [3.8, 4) is 111 Å². The molecule has 0 aliphatic rings. The van der Waals surface area contributed by atoms with Crippen molar-refractivity contribution in [2.24, 2.45) is 0 Å². The predicted octanol–water partition coefficient (Wildman–Crippen LogP) is 35.5. The van der Waals surface area contributed by atoms with Gasteiger partial charge in [-0.2, -0.15) is 0 Å². The zero-order valence-electron chi connectivity index (χ0n) is 91.4. The molecule has 0 radical (unpaired) electrons. The van der Waals surface area contributed by atoms with E-state index in [-0.39, 0.29) is 137 Å². The van der Waals surface area contributed by atoms with E-state index in [0.29, 0.717) is 116 Å². The molecule has 0 aliphatic carbocycles. The fourth-order valence-corrected chi connectivity index (χ4v) is 18.5. The number of hydrogen-bond acceptors (Lipinski definition) is 3. The van der Waals surface area contributed by atoms with Gasteiger partial charge in [0.15, 0.2) is 0 Å². The molecule has 0 amide bonds. The van der Waals surface area contributed by atoms with Crippen LogP contribution in [0.4, 0.5) is 0 Å². The van der Waals surface area contributed by atoms with Gasteiger partial charge in [0, 0.05) is 32.3 Å². The molecular formula is C124H78O3. The SMILES string of the molecule is [2H]c1c([2H])c([2H])c2c(-c3cccc4oc5ccccc5c34)c3c([2H])c([2H])c([2H])c([2H])c3c(-c3ccc(-c4ccc(-c5ccccc5)cc4)cc3)c2c1[2H].[2H]c1c([2H])c([2H])c2c(-c3cccc4oc5ccccc5c34)c3c([2H])c([2H])c([2H])c([2H])c3c(-c3ccc4cc(-c5ccccc5)ccc4c3)c2c1[2H].[2H]c1c([2H])c([2H])c2c(-c3cccc4oc5ccccc5c34)c3c([2H])c([2H])c([2H])c([2H])c3c(-c3cccc(-c4ccccc4)c3)c2c1[2H]. The normalized spacial score (nSPS) is 14.3. The van der Waals surface area contributed by atoms with E-state index in [0.717, 1.165) is 71.4 Å². The molecule has 0 bridgehead atoms. The van der Waals surface area contributed by atoms with Crippen LogP contribution in [0.2, 0.25) is 0 Å². The molecule has 0 spiro atoms. The highest BCUT2D eigenvalue weighted by atomic mass is 16.3. The Bertz CT molecular complexity index is 10100. The average Bonchev–Trinajstić information content (AvgIpc) is 1.52. The minimum Gasteiger partial charge on any atom is -0.456 e. The third-order valence-corrected chi connectivity index (χ3v) is 24.1. The summed E-state index contributed by atoms with van der Waals surface area (Å²) in [6.07, 6.45) is 0. The molecular weight excluding hydrogens is 1540 g/mol. The monoisotopic (exact) mass is 1640 g/mol. The topological polar surface area (TPSA) is 39.4 Å². The maximum atomic E-state index is 9.33. The van der Waals surface area contributed by atoms with Crippen LogP contribution in [-0.4, -0.2) is 0 Å². The lowest BCUT2D eigenvalue weighted by Crippen LogP contribution is -1.91. The third kappa shape index (κ3) is 12.9. The highest BCUT2D eigenvalue weighted by molar-refractivity contribution is 6.30. The lowest BCUT2D eigenvalue weighted by molar-refractivity contribution is 0.668. The summed E-state index contributed by atoms with van der Waals surface area (Å²) < 4.78 is 235. The van der Waals surface area contributed by atoms with Crippen LogP contribution in [0.15, 0.2) is 486 Å². The van der Waals surface area contributed by atoms with Gasteiger partial charge in [0.2, 0.25) is 0 Å². The van der Waals surface area contributed by atoms with Crippen molar-refractivity contribution < 1.29 is 46.1 Å². The molecule has 0 aliphatic heterocycles. The highest BCUT2D eigenvalue weighted by Crippen LogP contribution is 2.52. The van der Waals surface area contributed by atoms with Gasteiger partial charge in [0.25, 0.3) is 0 Å². The second-order valence-corrected chi connectivity index (χ2v) is 31.2. The molecule has 3 nitrogen and oxygen atoms in total. The summed E-state index contributed by atoms with van der Waals surface area (Å²) in [5.41, 5.74) is 16.7. The molecule has 3 heterocycles. The minimum atomic E-state index is -0.437. The highest BCUT2D eigenvalue weighted by Gasteiger charge is 2.26. The predicted molar refractivity (Wildman–Crippen MR) is 538 cm³/mol. The fraction of sp³-hybridized carbons (Fsp3) is 0. The van der Waals surface area contributed by atoms with Gasteiger partial charge < -0.3 is 13.3 Å². The fourth-order valence-electron chi connectivity index (χ4n) is 18.5. The second kappa shape index (κ2) is 31.3. The van der Waals surface area contributed by atoms with Gasteiger partial charge in [-0.3, -0.25) is 0 Å². The molecule has 23 aromatic carbocycles. The zero-order chi connectivity index (χ0) is 105. The van der Waals surface area contributed by atoms with Crippen LogP contribution < -0.4 is 0 Å². The summed E-state index contributed by atoms with van der Waals surface area (Å²) in [5.74, 6) is 0. The third-order valence-electron chi connectivity index (χ3n) is 24.1. The van der Waals surface area contributed by atoms with Crippen molar-refractivity contribution >= 4 is 141 Å². The van der Waals surface area contributed by atoms with E-state index < -0.39 is 72.5 Å². The van der Waals surface area contributed by atoms with Crippen LogP contribution in [0, 0.1) is 0 Å². The molecule has 26 aromatic rings. The summed E-state index contributed by atoms with van der Waals surface area (Å²) in [7, 11) is 0. The van der Waals surface area contributed by atoms with Gasteiger partial charge in [-0.1, -0.05) is 418 Å². The van der Waals surface area contributed by atoms with Crippen LogP contribution in [-0.2, 0) is 0 Å². The van der Waals surface area contributed by atoms with E-state index in [4.69, 9.17) is 29.7 Å². The van der Waals surface area contributed by atoms with E-state index in [2.05, 4.69) is 30.3 Å². The molecule has 0 unspecified atom stereocenters. The molecule has 26 rings (SSSR count). The molecule has 592 valence electrons. The van der Waals surface area contributed by atoms with Crippen molar-refractivity contribution in [2.75, 3.05) is 0 Å².